The Morgan fingerprint density at radius 3 is 2.94 bits per heavy atom. The van der Waals surface area contributed by atoms with Gasteiger partial charge in [0.15, 0.2) is 5.69 Å². The number of nitrogens with one attached hydrogen (secondary N) is 1. The molecule has 0 aromatic carbocycles. The van der Waals surface area contributed by atoms with Crippen molar-refractivity contribution in [2.24, 2.45) is 0 Å². The molecule has 2 aromatic rings. The third kappa shape index (κ3) is 1.20. The van der Waals surface area contributed by atoms with Gasteiger partial charge in [0.2, 0.25) is 0 Å². The van der Waals surface area contributed by atoms with Gasteiger partial charge in [0.05, 0.1) is 12.9 Å². The van der Waals surface area contributed by atoms with Crippen LogP contribution in [0.15, 0.2) is 23.8 Å². The van der Waals surface area contributed by atoms with E-state index in [0.29, 0.717) is 12.2 Å². The highest BCUT2D eigenvalue weighted by molar-refractivity contribution is 7.09. The lowest BCUT2D eigenvalue weighted by Crippen LogP contribution is -2.29. The number of nitrogens with zero attached hydrogens (tertiary/aromatic N) is 2. The Balaban J connectivity index is 1.92. The Morgan fingerprint density at radius 2 is 2.25 bits per heavy atom. The molecule has 2 aromatic heterocycles. The van der Waals surface area contributed by atoms with E-state index in [1.807, 2.05) is 17.5 Å². The number of H-pyrrole nitrogens is 1. The minimum atomic E-state index is -0.324. The predicted octanol–water partition coefficient (Wildman–Crippen LogP) is 1.27. The number of hydrogen-bond donors (Lipinski definition) is 1. The molecule has 0 saturated carbocycles. The summed E-state index contributed by atoms with van der Waals surface area (Å²) in [6.45, 7) is 0.319. The molecule has 80 valence electrons. The molecule has 16 heavy (non-hydrogen) atoms. The maximum atomic E-state index is 11.8. The van der Waals surface area contributed by atoms with Gasteiger partial charge in [-0.05, 0) is 11.4 Å². The average molecular weight is 233 g/mol. The zero-order valence-corrected chi connectivity index (χ0v) is 8.95. The lowest BCUT2D eigenvalue weighted by atomic mass is 10.4. The topological polar surface area (TPSA) is 66.1 Å². The van der Waals surface area contributed by atoms with Crippen molar-refractivity contribution in [2.75, 3.05) is 0 Å². The standard InChI is InChI=1S/C10H7N3O2S/c14-9-7-8(12-5-11-7)10(15)13(9)4-6-2-1-3-16-6/h1-3,5H,4H2,(H,11,12). The van der Waals surface area contributed by atoms with Crippen LogP contribution in [-0.2, 0) is 6.54 Å². The Labute approximate surface area is 94.7 Å². The third-order valence-corrected chi connectivity index (χ3v) is 3.30. The number of imidazole rings is 1. The molecule has 1 aliphatic rings. The van der Waals surface area contributed by atoms with Gasteiger partial charge in [-0.15, -0.1) is 11.3 Å². The van der Waals surface area contributed by atoms with E-state index in [2.05, 4.69) is 9.97 Å². The lowest BCUT2D eigenvalue weighted by molar-refractivity contribution is 0.0639. The van der Waals surface area contributed by atoms with Crippen LogP contribution in [0.3, 0.4) is 0 Å². The summed E-state index contributed by atoms with van der Waals surface area (Å²) in [6, 6.07) is 3.79. The Bertz CT molecular complexity index is 528. The molecule has 0 radical (unpaired) electrons. The van der Waals surface area contributed by atoms with Crippen LogP contribution in [0.5, 0.6) is 0 Å². The first-order chi connectivity index (χ1) is 7.77. The molecular weight excluding hydrogens is 226 g/mol. The van der Waals surface area contributed by atoms with Crippen molar-refractivity contribution < 1.29 is 9.59 Å². The van der Waals surface area contributed by atoms with Gasteiger partial charge in [0.25, 0.3) is 11.8 Å². The fraction of sp³-hybridized carbons (Fsp3) is 0.100. The number of thiophene rings is 1. The highest BCUT2D eigenvalue weighted by Gasteiger charge is 2.38. The van der Waals surface area contributed by atoms with Crippen LogP contribution in [0.25, 0.3) is 0 Å². The number of carbonyl (C=O) groups is 2. The number of rotatable bonds is 2. The Kier molecular flexibility index (Phi) is 1.90. The molecule has 2 amide bonds. The molecule has 0 atom stereocenters. The van der Waals surface area contributed by atoms with Crippen LogP contribution in [0.2, 0.25) is 0 Å². The monoisotopic (exact) mass is 233 g/mol. The van der Waals surface area contributed by atoms with Gasteiger partial charge in [0, 0.05) is 4.88 Å². The van der Waals surface area contributed by atoms with Crippen molar-refractivity contribution in [1.82, 2.24) is 14.9 Å². The van der Waals surface area contributed by atoms with E-state index in [9.17, 15) is 9.59 Å². The molecule has 0 spiro atoms. The van der Waals surface area contributed by atoms with Crippen molar-refractivity contribution in [3.05, 3.63) is 40.1 Å². The predicted molar refractivity (Wildman–Crippen MR) is 57.1 cm³/mol. The van der Waals surface area contributed by atoms with Crippen LogP contribution in [0, 0.1) is 0 Å². The van der Waals surface area contributed by atoms with E-state index in [0.717, 1.165) is 4.88 Å². The summed E-state index contributed by atoms with van der Waals surface area (Å²) in [5.41, 5.74) is 0.517. The molecule has 0 fully saturated rings. The van der Waals surface area contributed by atoms with Crippen LogP contribution in [0.1, 0.15) is 25.9 Å². The molecule has 1 N–H and O–H groups in total. The molecule has 6 heteroatoms. The number of fused-ring (bicyclic) bond motifs is 1. The minimum absolute atomic E-state index is 0.224. The molecule has 1 aliphatic heterocycles. The van der Waals surface area contributed by atoms with Crippen LogP contribution >= 0.6 is 11.3 Å². The van der Waals surface area contributed by atoms with Crippen molar-refractivity contribution in [1.29, 1.82) is 0 Å². The summed E-state index contributed by atoms with van der Waals surface area (Å²) in [4.78, 5) is 32.4. The smallest absolute Gasteiger partial charge is 0.282 e. The highest BCUT2D eigenvalue weighted by atomic mass is 32.1. The maximum absolute atomic E-state index is 11.8. The highest BCUT2D eigenvalue weighted by Crippen LogP contribution is 2.22. The molecule has 3 heterocycles. The summed E-state index contributed by atoms with van der Waals surface area (Å²) in [5.74, 6) is -0.624. The molecular formula is C10H7N3O2S. The van der Waals surface area contributed by atoms with Gasteiger partial charge < -0.3 is 4.98 Å². The van der Waals surface area contributed by atoms with E-state index in [-0.39, 0.29) is 17.5 Å². The van der Waals surface area contributed by atoms with E-state index in [4.69, 9.17) is 0 Å². The summed E-state index contributed by atoms with van der Waals surface area (Å²) in [7, 11) is 0. The quantitative estimate of drug-likeness (QED) is 0.794. The second-order valence-electron chi connectivity index (χ2n) is 3.40. The van der Waals surface area contributed by atoms with Gasteiger partial charge >= 0.3 is 0 Å². The lowest BCUT2D eigenvalue weighted by Gasteiger charge is -2.11. The Morgan fingerprint density at radius 1 is 1.38 bits per heavy atom. The van der Waals surface area contributed by atoms with Crippen LogP contribution in [0.4, 0.5) is 0 Å². The van der Waals surface area contributed by atoms with Crippen molar-refractivity contribution >= 4 is 23.2 Å². The average Bonchev–Trinajstić information content (AvgIpc) is 2.97. The molecule has 0 saturated heterocycles. The SMILES string of the molecule is O=C1c2nc[nH]c2C(=O)N1Cc1cccs1. The van der Waals surface area contributed by atoms with Gasteiger partial charge in [0.1, 0.15) is 5.69 Å². The first-order valence-corrected chi connectivity index (χ1v) is 5.57. The largest absolute Gasteiger partial charge is 0.340 e. The second kappa shape index (κ2) is 3.28. The number of carbonyl (C=O) groups excluding carboxylic acids is 2. The third-order valence-electron chi connectivity index (χ3n) is 2.44. The molecule has 0 unspecified atom stereocenters. The van der Waals surface area contributed by atoms with Crippen molar-refractivity contribution in [2.45, 2.75) is 6.54 Å². The van der Waals surface area contributed by atoms with E-state index in [1.54, 1.807) is 0 Å². The zero-order valence-electron chi connectivity index (χ0n) is 8.14. The number of hydrogen-bond acceptors (Lipinski definition) is 4. The molecule has 3 rings (SSSR count). The first kappa shape index (κ1) is 9.29. The first-order valence-electron chi connectivity index (χ1n) is 4.69. The number of amides is 2. The summed E-state index contributed by atoms with van der Waals surface area (Å²) in [6.07, 6.45) is 1.36. The fourth-order valence-electron chi connectivity index (χ4n) is 1.68. The van der Waals surface area contributed by atoms with E-state index < -0.39 is 0 Å². The van der Waals surface area contributed by atoms with E-state index >= 15 is 0 Å². The van der Waals surface area contributed by atoms with Gasteiger partial charge in [-0.2, -0.15) is 0 Å². The van der Waals surface area contributed by atoms with Crippen molar-refractivity contribution in [3.63, 3.8) is 0 Å². The van der Waals surface area contributed by atoms with Gasteiger partial charge in [-0.25, -0.2) is 4.98 Å². The van der Waals surface area contributed by atoms with Gasteiger partial charge in [-0.1, -0.05) is 6.07 Å². The zero-order chi connectivity index (χ0) is 11.1. The number of aromatic nitrogens is 2. The molecule has 0 bridgehead atoms. The number of imide groups is 1. The normalized spacial score (nSPS) is 14.6. The van der Waals surface area contributed by atoms with Crippen LogP contribution in [-0.4, -0.2) is 26.7 Å². The maximum Gasteiger partial charge on any atom is 0.282 e. The Hall–Kier alpha value is -1.95. The van der Waals surface area contributed by atoms with Gasteiger partial charge in [-0.3, -0.25) is 14.5 Å². The molecule has 5 nitrogen and oxygen atoms in total. The second-order valence-corrected chi connectivity index (χ2v) is 4.43. The van der Waals surface area contributed by atoms with E-state index in [1.165, 1.54) is 22.6 Å². The van der Waals surface area contributed by atoms with Crippen LogP contribution < -0.4 is 0 Å². The number of aromatic amines is 1. The summed E-state index contributed by atoms with van der Waals surface area (Å²) in [5, 5.41) is 1.91. The molecule has 0 aliphatic carbocycles. The summed E-state index contributed by atoms with van der Waals surface area (Å²) >= 11 is 1.52. The van der Waals surface area contributed by atoms with Crippen molar-refractivity contribution in [3.8, 4) is 0 Å². The fourth-order valence-corrected chi connectivity index (χ4v) is 2.37. The summed E-state index contributed by atoms with van der Waals surface area (Å²) < 4.78 is 0. The minimum Gasteiger partial charge on any atom is -0.340 e.